The number of tetrazole rings is 1. The van der Waals surface area contributed by atoms with E-state index in [0.717, 1.165) is 0 Å². The van der Waals surface area contributed by atoms with Crippen molar-refractivity contribution in [3.8, 4) is 0 Å². The third-order valence-corrected chi connectivity index (χ3v) is 0.772. The summed E-state index contributed by atoms with van der Waals surface area (Å²) in [5.74, 6) is 0.624. The van der Waals surface area contributed by atoms with E-state index in [2.05, 4.69) is 27.5 Å². The third kappa shape index (κ3) is 1.77. The first kappa shape index (κ1) is 6.15. The predicted octanol–water partition coefficient (Wildman–Crippen LogP) is -0.450. The molecule has 0 unspecified atom stereocenters. The summed E-state index contributed by atoms with van der Waals surface area (Å²) in [4.78, 5) is 0. The highest BCUT2D eigenvalue weighted by molar-refractivity contribution is 4.69. The summed E-state index contributed by atoms with van der Waals surface area (Å²) in [6.07, 6.45) is 0. The number of aromatic nitrogens is 4. The highest BCUT2D eigenvalue weighted by Gasteiger charge is 1.92. The van der Waals surface area contributed by atoms with Gasteiger partial charge in [0.25, 0.3) is 0 Å². The molecule has 0 saturated carbocycles. The van der Waals surface area contributed by atoms with Crippen molar-refractivity contribution in [3.63, 3.8) is 0 Å². The lowest BCUT2D eigenvalue weighted by Crippen LogP contribution is -1.93. The largest absolute Gasteiger partial charge is 0.373 e. The Morgan fingerprint density at radius 3 is 3.11 bits per heavy atom. The molecule has 0 aromatic carbocycles. The molecule has 0 bridgehead atoms. The van der Waals surface area contributed by atoms with Crippen LogP contribution in [0.1, 0.15) is 5.82 Å². The lowest BCUT2D eigenvalue weighted by molar-refractivity contribution is 0.141. The standard InChI is InChI=1S/C4H7N4O/c1-2-9-3-4-5-7-8-6-4/h1-3H2,(H,5,6,7,8). The van der Waals surface area contributed by atoms with Gasteiger partial charge in [-0.2, -0.15) is 0 Å². The molecule has 1 rings (SSSR count). The summed E-state index contributed by atoms with van der Waals surface area (Å²) in [6, 6.07) is 0. The zero-order chi connectivity index (χ0) is 6.53. The number of hydrogen-bond acceptors (Lipinski definition) is 4. The van der Waals surface area contributed by atoms with Crippen LogP contribution in [0.25, 0.3) is 0 Å². The topological polar surface area (TPSA) is 63.7 Å². The Morgan fingerprint density at radius 2 is 2.56 bits per heavy atom. The molecule has 1 radical (unpaired) electrons. The number of hydrogen-bond donors (Lipinski definition) is 1. The van der Waals surface area contributed by atoms with Crippen molar-refractivity contribution in [3.05, 3.63) is 12.7 Å². The van der Waals surface area contributed by atoms with E-state index < -0.39 is 0 Å². The quantitative estimate of drug-likeness (QED) is 0.597. The molecule has 5 nitrogen and oxygen atoms in total. The molecule has 1 aromatic heterocycles. The van der Waals surface area contributed by atoms with Crippen molar-refractivity contribution in [2.45, 2.75) is 6.61 Å². The Bertz CT molecular complexity index is 150. The van der Waals surface area contributed by atoms with Gasteiger partial charge in [-0.3, -0.25) is 0 Å². The van der Waals surface area contributed by atoms with Gasteiger partial charge in [-0.15, -0.1) is 5.10 Å². The Morgan fingerprint density at radius 1 is 1.67 bits per heavy atom. The van der Waals surface area contributed by atoms with Crippen LogP contribution in [-0.2, 0) is 11.3 Å². The van der Waals surface area contributed by atoms with Crippen LogP contribution >= 0.6 is 0 Å². The van der Waals surface area contributed by atoms with E-state index in [1.165, 1.54) is 0 Å². The fourth-order valence-electron chi connectivity index (χ4n) is 0.409. The molecule has 9 heavy (non-hydrogen) atoms. The SMILES string of the molecule is [CH2]COCc1nnn[nH]1. The summed E-state index contributed by atoms with van der Waals surface area (Å²) in [5, 5.41) is 12.8. The predicted molar refractivity (Wildman–Crippen MR) is 29.2 cm³/mol. The Kier molecular flexibility index (Phi) is 2.14. The fourth-order valence-corrected chi connectivity index (χ4v) is 0.409. The molecule has 1 N–H and O–H groups in total. The maximum atomic E-state index is 4.89. The summed E-state index contributed by atoms with van der Waals surface area (Å²) in [5.41, 5.74) is 0. The van der Waals surface area contributed by atoms with Crippen LogP contribution in [0, 0.1) is 6.92 Å². The van der Waals surface area contributed by atoms with Gasteiger partial charge in [-0.05, 0) is 17.4 Å². The highest BCUT2D eigenvalue weighted by Crippen LogP contribution is 1.85. The molecule has 0 saturated heterocycles. The second kappa shape index (κ2) is 3.13. The van der Waals surface area contributed by atoms with Crippen LogP contribution in [-0.4, -0.2) is 27.2 Å². The molecule has 49 valence electrons. The van der Waals surface area contributed by atoms with Gasteiger partial charge in [-0.25, -0.2) is 5.10 Å². The molecule has 0 fully saturated rings. The van der Waals surface area contributed by atoms with Crippen LogP contribution < -0.4 is 0 Å². The second-order valence-electron chi connectivity index (χ2n) is 1.40. The van der Waals surface area contributed by atoms with Crippen LogP contribution in [0.2, 0.25) is 0 Å². The first-order valence-electron chi connectivity index (χ1n) is 2.53. The zero-order valence-corrected chi connectivity index (χ0v) is 4.87. The molecular weight excluding hydrogens is 120 g/mol. The van der Waals surface area contributed by atoms with Gasteiger partial charge in [0.05, 0.1) is 0 Å². The van der Waals surface area contributed by atoms with E-state index in [4.69, 9.17) is 4.74 Å². The fraction of sp³-hybridized carbons (Fsp3) is 0.500. The minimum absolute atomic E-state index is 0.399. The summed E-state index contributed by atoms with van der Waals surface area (Å²) < 4.78 is 4.89. The first-order valence-corrected chi connectivity index (χ1v) is 2.53. The van der Waals surface area contributed by atoms with Gasteiger partial charge >= 0.3 is 0 Å². The molecule has 0 aliphatic carbocycles. The number of nitrogens with one attached hydrogen (secondary N) is 1. The molecule has 0 amide bonds. The summed E-state index contributed by atoms with van der Waals surface area (Å²) in [6.45, 7) is 4.31. The lowest BCUT2D eigenvalue weighted by atomic mass is 10.7. The first-order chi connectivity index (χ1) is 4.43. The second-order valence-corrected chi connectivity index (χ2v) is 1.40. The Labute approximate surface area is 52.4 Å². The maximum Gasteiger partial charge on any atom is 0.174 e. The van der Waals surface area contributed by atoms with Crippen LogP contribution in [0.3, 0.4) is 0 Å². The van der Waals surface area contributed by atoms with Crippen LogP contribution in [0.5, 0.6) is 0 Å². The van der Waals surface area contributed by atoms with Crippen molar-refractivity contribution in [2.75, 3.05) is 6.61 Å². The molecule has 0 atom stereocenters. The molecule has 1 heterocycles. The molecule has 0 aliphatic rings. The van der Waals surface area contributed by atoms with E-state index in [1.54, 1.807) is 0 Å². The van der Waals surface area contributed by atoms with Gasteiger partial charge in [0, 0.05) is 6.61 Å². The van der Waals surface area contributed by atoms with Gasteiger partial charge in [0.1, 0.15) is 6.61 Å². The van der Waals surface area contributed by atoms with Crippen LogP contribution in [0.4, 0.5) is 0 Å². The van der Waals surface area contributed by atoms with Crippen molar-refractivity contribution in [1.29, 1.82) is 0 Å². The number of rotatable bonds is 3. The summed E-state index contributed by atoms with van der Waals surface area (Å²) in [7, 11) is 0. The van der Waals surface area contributed by atoms with Gasteiger partial charge in [-0.1, -0.05) is 0 Å². The minimum atomic E-state index is 0.399. The maximum absolute atomic E-state index is 4.89. The smallest absolute Gasteiger partial charge is 0.174 e. The average molecular weight is 127 g/mol. The van der Waals surface area contributed by atoms with E-state index in [9.17, 15) is 0 Å². The Balaban J connectivity index is 2.30. The van der Waals surface area contributed by atoms with Gasteiger partial charge in [0.2, 0.25) is 0 Å². The lowest BCUT2D eigenvalue weighted by Gasteiger charge is -1.91. The van der Waals surface area contributed by atoms with E-state index in [0.29, 0.717) is 19.0 Å². The van der Waals surface area contributed by atoms with Crippen molar-refractivity contribution in [1.82, 2.24) is 20.6 Å². The molecule has 5 heteroatoms. The third-order valence-electron chi connectivity index (χ3n) is 0.772. The molecule has 0 spiro atoms. The van der Waals surface area contributed by atoms with Gasteiger partial charge in [0.15, 0.2) is 5.82 Å². The van der Waals surface area contributed by atoms with Crippen molar-refractivity contribution >= 4 is 0 Å². The van der Waals surface area contributed by atoms with E-state index in [1.807, 2.05) is 0 Å². The average Bonchev–Trinajstić information content (AvgIpc) is 2.34. The zero-order valence-electron chi connectivity index (χ0n) is 4.87. The number of H-pyrrole nitrogens is 1. The van der Waals surface area contributed by atoms with Crippen molar-refractivity contribution in [2.24, 2.45) is 0 Å². The monoisotopic (exact) mass is 127 g/mol. The van der Waals surface area contributed by atoms with E-state index in [-0.39, 0.29) is 0 Å². The van der Waals surface area contributed by atoms with Crippen LogP contribution in [0.15, 0.2) is 0 Å². The van der Waals surface area contributed by atoms with E-state index >= 15 is 0 Å². The minimum Gasteiger partial charge on any atom is -0.373 e. The Hall–Kier alpha value is -0.970. The number of nitrogens with zero attached hydrogens (tertiary/aromatic N) is 3. The summed E-state index contributed by atoms with van der Waals surface area (Å²) >= 11 is 0. The molecule has 0 aliphatic heterocycles. The van der Waals surface area contributed by atoms with Crippen molar-refractivity contribution < 1.29 is 4.74 Å². The van der Waals surface area contributed by atoms with Gasteiger partial charge < -0.3 is 4.74 Å². The highest BCUT2D eigenvalue weighted by atomic mass is 16.5. The molecular formula is C4H7N4O. The number of aromatic amines is 1. The number of ether oxygens (including phenoxy) is 1. The normalized spacial score (nSPS) is 9.89. The molecule has 1 aromatic rings.